The van der Waals surface area contributed by atoms with Crippen LogP contribution in [0.4, 0.5) is 0 Å². The van der Waals surface area contributed by atoms with Gasteiger partial charge in [-0.1, -0.05) is 20.3 Å². The molecule has 1 rings (SSSR count). The largest absolute Gasteiger partial charge is 0.462 e. The Bertz CT molecular complexity index is 492. The summed E-state index contributed by atoms with van der Waals surface area (Å²) in [5.41, 5.74) is 0. The van der Waals surface area contributed by atoms with Crippen LogP contribution in [0.5, 0.6) is 0 Å². The van der Waals surface area contributed by atoms with Gasteiger partial charge in [0.2, 0.25) is 10.0 Å². The fourth-order valence-electron chi connectivity index (χ4n) is 1.69. The van der Waals surface area contributed by atoms with E-state index in [0.717, 1.165) is 6.42 Å². The number of rotatable bonds is 6. The molecule has 0 fully saturated rings. The van der Waals surface area contributed by atoms with Crippen LogP contribution in [0.2, 0.25) is 0 Å². The summed E-state index contributed by atoms with van der Waals surface area (Å²) in [6, 6.07) is 1.39. The Kier molecular flexibility index (Phi) is 4.95. The highest BCUT2D eigenvalue weighted by atomic mass is 32.2. The van der Waals surface area contributed by atoms with Crippen LogP contribution >= 0.6 is 0 Å². The molecule has 104 valence electrons. The Labute approximate surface area is 108 Å². The molecule has 0 saturated carbocycles. The zero-order chi connectivity index (χ0) is 13.9. The summed E-state index contributed by atoms with van der Waals surface area (Å²) in [7, 11) is -1.97. The lowest BCUT2D eigenvalue weighted by molar-refractivity contribution is 0.244. The molecule has 0 amide bonds. The molecule has 0 saturated heterocycles. The highest BCUT2D eigenvalue weighted by molar-refractivity contribution is 7.89. The van der Waals surface area contributed by atoms with Crippen molar-refractivity contribution in [2.24, 2.45) is 5.92 Å². The van der Waals surface area contributed by atoms with Gasteiger partial charge in [0.05, 0.1) is 0 Å². The number of hydrogen-bond acceptors (Lipinski definition) is 4. The van der Waals surface area contributed by atoms with E-state index < -0.39 is 10.0 Å². The molecule has 0 bridgehead atoms. The van der Waals surface area contributed by atoms with Gasteiger partial charge in [0.15, 0.2) is 0 Å². The summed E-state index contributed by atoms with van der Waals surface area (Å²) in [5, 5.41) is 8.96. The summed E-state index contributed by atoms with van der Waals surface area (Å²) in [5.74, 6) is 0.882. The minimum Gasteiger partial charge on any atom is -0.462 e. The first kappa shape index (κ1) is 15.2. The zero-order valence-corrected chi connectivity index (χ0v) is 12.1. The third-order valence-electron chi connectivity index (χ3n) is 3.03. The molecule has 1 heterocycles. The van der Waals surface area contributed by atoms with E-state index in [4.69, 9.17) is 9.52 Å². The molecule has 6 heteroatoms. The Morgan fingerprint density at radius 3 is 2.56 bits per heavy atom. The van der Waals surface area contributed by atoms with Gasteiger partial charge in [0, 0.05) is 19.7 Å². The number of nitrogens with zero attached hydrogens (tertiary/aromatic N) is 1. The second kappa shape index (κ2) is 5.86. The Morgan fingerprint density at radius 1 is 1.50 bits per heavy atom. The number of aliphatic hydroxyl groups excluding tert-OH is 1. The van der Waals surface area contributed by atoms with E-state index in [9.17, 15) is 8.42 Å². The highest BCUT2D eigenvalue weighted by Gasteiger charge is 2.26. The molecule has 0 radical (unpaired) electrons. The van der Waals surface area contributed by atoms with Crippen LogP contribution in [0.15, 0.2) is 15.4 Å². The third-order valence-corrected chi connectivity index (χ3v) is 4.96. The fourth-order valence-corrected chi connectivity index (χ4v) is 3.16. The van der Waals surface area contributed by atoms with Gasteiger partial charge >= 0.3 is 0 Å². The van der Waals surface area contributed by atoms with Crippen molar-refractivity contribution in [3.05, 3.63) is 17.6 Å². The van der Waals surface area contributed by atoms with Gasteiger partial charge in [-0.15, -0.1) is 0 Å². The average molecular weight is 275 g/mol. The summed E-state index contributed by atoms with van der Waals surface area (Å²) in [6.07, 6.45) is 0.923. The van der Waals surface area contributed by atoms with Gasteiger partial charge in [-0.3, -0.25) is 0 Å². The number of hydrogen-bond donors (Lipinski definition) is 1. The normalized spacial score (nSPS) is 14.1. The lowest BCUT2D eigenvalue weighted by Crippen LogP contribution is -2.31. The van der Waals surface area contributed by atoms with Crippen LogP contribution < -0.4 is 0 Å². The smallest absolute Gasteiger partial charge is 0.246 e. The standard InChI is InChI=1S/C12H21NO4S/c1-5-9(2)7-13(4)18(15,16)12-6-11(8-14)17-10(12)3/h6,9,14H,5,7-8H2,1-4H3. The summed E-state index contributed by atoms with van der Waals surface area (Å²) >= 11 is 0. The van der Waals surface area contributed by atoms with E-state index in [0.29, 0.717) is 18.2 Å². The predicted octanol–water partition coefficient (Wildman–Crippen LogP) is 1.75. The Hall–Kier alpha value is -0.850. The van der Waals surface area contributed by atoms with Gasteiger partial charge in [-0.25, -0.2) is 12.7 Å². The molecule has 5 nitrogen and oxygen atoms in total. The summed E-state index contributed by atoms with van der Waals surface area (Å²) < 4.78 is 31.1. The molecule has 18 heavy (non-hydrogen) atoms. The summed E-state index contributed by atoms with van der Waals surface area (Å²) in [6.45, 7) is 5.79. The first-order valence-corrected chi connectivity index (χ1v) is 7.43. The molecule has 1 unspecified atom stereocenters. The van der Waals surface area contributed by atoms with Crippen LogP contribution in [0.25, 0.3) is 0 Å². The Morgan fingerprint density at radius 2 is 2.11 bits per heavy atom. The van der Waals surface area contributed by atoms with Crippen molar-refractivity contribution < 1.29 is 17.9 Å². The molecular weight excluding hydrogens is 254 g/mol. The van der Waals surface area contributed by atoms with Crippen molar-refractivity contribution in [3.8, 4) is 0 Å². The van der Waals surface area contributed by atoms with Crippen molar-refractivity contribution in [3.63, 3.8) is 0 Å². The van der Waals surface area contributed by atoms with E-state index >= 15 is 0 Å². The second-order valence-corrected chi connectivity index (χ2v) is 6.60. The van der Waals surface area contributed by atoms with Crippen molar-refractivity contribution in [1.82, 2.24) is 4.31 Å². The summed E-state index contributed by atoms with van der Waals surface area (Å²) in [4.78, 5) is 0.136. The molecule has 0 aliphatic carbocycles. The maximum atomic E-state index is 12.3. The van der Waals surface area contributed by atoms with Gasteiger partial charge in [-0.2, -0.15) is 0 Å². The van der Waals surface area contributed by atoms with Gasteiger partial charge < -0.3 is 9.52 Å². The molecule has 1 N–H and O–H groups in total. The van der Waals surface area contributed by atoms with E-state index in [2.05, 4.69) is 0 Å². The minimum absolute atomic E-state index is 0.136. The predicted molar refractivity (Wildman–Crippen MR) is 68.6 cm³/mol. The van der Waals surface area contributed by atoms with E-state index in [1.807, 2.05) is 13.8 Å². The maximum Gasteiger partial charge on any atom is 0.246 e. The van der Waals surface area contributed by atoms with Crippen LogP contribution in [0, 0.1) is 12.8 Å². The number of aliphatic hydroxyl groups is 1. The van der Waals surface area contributed by atoms with E-state index in [1.165, 1.54) is 10.4 Å². The number of furan rings is 1. The topological polar surface area (TPSA) is 70.8 Å². The van der Waals surface area contributed by atoms with Crippen molar-refractivity contribution in [2.75, 3.05) is 13.6 Å². The number of aryl methyl sites for hydroxylation is 1. The van der Waals surface area contributed by atoms with Crippen LogP contribution in [0.1, 0.15) is 31.8 Å². The maximum absolute atomic E-state index is 12.3. The lowest BCUT2D eigenvalue weighted by Gasteiger charge is -2.19. The first-order valence-electron chi connectivity index (χ1n) is 5.99. The van der Waals surface area contributed by atoms with Crippen LogP contribution in [-0.4, -0.2) is 31.4 Å². The first-order chi connectivity index (χ1) is 8.32. The van der Waals surface area contributed by atoms with Gasteiger partial charge in [0.1, 0.15) is 23.0 Å². The quantitative estimate of drug-likeness (QED) is 0.858. The molecular formula is C12H21NO4S. The van der Waals surface area contributed by atoms with Crippen molar-refractivity contribution in [2.45, 2.75) is 38.7 Å². The van der Waals surface area contributed by atoms with Crippen molar-refractivity contribution >= 4 is 10.0 Å². The average Bonchev–Trinajstić information content (AvgIpc) is 2.70. The van der Waals surface area contributed by atoms with Crippen LogP contribution in [-0.2, 0) is 16.6 Å². The highest BCUT2D eigenvalue weighted by Crippen LogP contribution is 2.23. The van der Waals surface area contributed by atoms with Crippen molar-refractivity contribution in [1.29, 1.82) is 0 Å². The minimum atomic E-state index is -3.54. The monoisotopic (exact) mass is 275 g/mol. The molecule has 0 aromatic carbocycles. The SMILES string of the molecule is CCC(C)CN(C)S(=O)(=O)c1cc(CO)oc1C. The van der Waals surface area contributed by atoms with Gasteiger partial charge in [0.25, 0.3) is 0 Å². The molecule has 0 aliphatic heterocycles. The van der Waals surface area contributed by atoms with E-state index in [1.54, 1.807) is 14.0 Å². The third kappa shape index (κ3) is 3.13. The van der Waals surface area contributed by atoms with E-state index in [-0.39, 0.29) is 17.3 Å². The molecule has 1 aromatic heterocycles. The number of sulfonamides is 1. The fraction of sp³-hybridized carbons (Fsp3) is 0.667. The lowest BCUT2D eigenvalue weighted by atomic mass is 10.1. The molecule has 0 aliphatic rings. The molecule has 1 aromatic rings. The molecule has 1 atom stereocenters. The van der Waals surface area contributed by atoms with Crippen LogP contribution in [0.3, 0.4) is 0 Å². The zero-order valence-electron chi connectivity index (χ0n) is 11.3. The molecule has 0 spiro atoms. The Balaban J connectivity index is 3.01. The van der Waals surface area contributed by atoms with Gasteiger partial charge in [-0.05, 0) is 12.8 Å². The second-order valence-electron chi connectivity index (χ2n) is 4.59.